The summed E-state index contributed by atoms with van der Waals surface area (Å²) < 4.78 is 10.5. The van der Waals surface area contributed by atoms with Gasteiger partial charge in [-0.3, -0.25) is 4.79 Å². The maximum absolute atomic E-state index is 12.8. The zero-order valence-electron chi connectivity index (χ0n) is 13.4. The molecule has 2 heterocycles. The fourth-order valence-corrected chi connectivity index (χ4v) is 2.73. The third kappa shape index (κ3) is 4.06. The quantitative estimate of drug-likeness (QED) is 0.886. The zero-order chi connectivity index (χ0) is 16.8. The molecule has 0 fully saturated rings. The van der Waals surface area contributed by atoms with Crippen molar-refractivity contribution in [3.63, 3.8) is 0 Å². The molecule has 0 saturated heterocycles. The molecular weight excluding hydrogens is 306 g/mol. The number of nitrogens with zero attached hydrogens (tertiary/aromatic N) is 1. The fraction of sp³-hybridized carbons (Fsp3) is 0.316. The van der Waals surface area contributed by atoms with Crippen LogP contribution in [0.25, 0.3) is 0 Å². The molecule has 1 atom stereocenters. The Morgan fingerprint density at radius 3 is 2.71 bits per heavy atom. The molecule has 5 heteroatoms. The first kappa shape index (κ1) is 16.3. The van der Waals surface area contributed by atoms with Crippen LogP contribution in [0.2, 0.25) is 0 Å². The first-order chi connectivity index (χ1) is 11.7. The van der Waals surface area contributed by atoms with E-state index in [2.05, 4.69) is 0 Å². The van der Waals surface area contributed by atoms with Crippen molar-refractivity contribution in [2.24, 2.45) is 0 Å². The van der Waals surface area contributed by atoms with Gasteiger partial charge in [-0.2, -0.15) is 0 Å². The van der Waals surface area contributed by atoms with Crippen molar-refractivity contribution in [2.75, 3.05) is 13.2 Å². The van der Waals surface area contributed by atoms with Crippen molar-refractivity contribution in [3.05, 3.63) is 71.9 Å². The third-order valence-electron chi connectivity index (χ3n) is 3.98. The largest absolute Gasteiger partial charge is 0.501 e. The summed E-state index contributed by atoms with van der Waals surface area (Å²) in [6.07, 6.45) is 3.72. The van der Waals surface area contributed by atoms with Gasteiger partial charge >= 0.3 is 0 Å². The highest BCUT2D eigenvalue weighted by atomic mass is 16.5. The molecule has 1 aliphatic heterocycles. The average Bonchev–Trinajstić information content (AvgIpc) is 3.17. The molecule has 2 aromatic rings. The molecule has 3 rings (SSSR count). The lowest BCUT2D eigenvalue weighted by atomic mass is 10.1. The molecule has 1 aliphatic rings. The summed E-state index contributed by atoms with van der Waals surface area (Å²) >= 11 is 0. The van der Waals surface area contributed by atoms with Gasteiger partial charge in [0, 0.05) is 6.54 Å². The van der Waals surface area contributed by atoms with Gasteiger partial charge in [-0.1, -0.05) is 30.3 Å². The highest BCUT2D eigenvalue weighted by Crippen LogP contribution is 2.21. The molecule has 0 aliphatic carbocycles. The lowest BCUT2D eigenvalue weighted by Gasteiger charge is -2.27. The number of hydrogen-bond acceptors (Lipinski definition) is 4. The lowest BCUT2D eigenvalue weighted by molar-refractivity contribution is -0.130. The molecule has 5 nitrogen and oxygen atoms in total. The van der Waals surface area contributed by atoms with Crippen LogP contribution >= 0.6 is 0 Å². The summed E-state index contributed by atoms with van der Waals surface area (Å²) in [7, 11) is 0. The second kappa shape index (κ2) is 7.84. The Morgan fingerprint density at radius 1 is 1.21 bits per heavy atom. The van der Waals surface area contributed by atoms with Gasteiger partial charge in [0.15, 0.2) is 0 Å². The number of furan rings is 1. The van der Waals surface area contributed by atoms with Crippen LogP contribution in [0.4, 0.5) is 0 Å². The topological polar surface area (TPSA) is 62.9 Å². The number of carbonyl (C=O) groups excluding carboxylic acids is 1. The molecule has 1 amide bonds. The molecule has 0 unspecified atom stereocenters. The van der Waals surface area contributed by atoms with E-state index in [1.807, 2.05) is 30.3 Å². The molecular formula is C19H21NO4. The Hall–Kier alpha value is -2.53. The first-order valence-corrected chi connectivity index (χ1v) is 8.09. The van der Waals surface area contributed by atoms with Crippen molar-refractivity contribution >= 4 is 5.91 Å². The highest BCUT2D eigenvalue weighted by molar-refractivity contribution is 5.93. The lowest BCUT2D eigenvalue weighted by Crippen LogP contribution is -2.35. The van der Waals surface area contributed by atoms with Crippen LogP contribution in [0.5, 0.6) is 0 Å². The summed E-state index contributed by atoms with van der Waals surface area (Å²) in [6, 6.07) is 13.2. The van der Waals surface area contributed by atoms with Crippen LogP contribution in [-0.2, 0) is 16.1 Å². The van der Waals surface area contributed by atoms with E-state index in [4.69, 9.17) is 9.15 Å². The smallest absolute Gasteiger partial charge is 0.253 e. The van der Waals surface area contributed by atoms with E-state index in [9.17, 15) is 9.90 Å². The number of amides is 1. The summed E-state index contributed by atoms with van der Waals surface area (Å²) in [5.41, 5.74) is 1.65. The Balaban J connectivity index is 1.77. The maximum atomic E-state index is 12.8. The number of aliphatic hydroxyl groups excluding tert-OH is 1. The zero-order valence-corrected chi connectivity index (χ0v) is 13.4. The van der Waals surface area contributed by atoms with Crippen LogP contribution in [0.3, 0.4) is 0 Å². The van der Waals surface area contributed by atoms with Crippen LogP contribution in [-0.4, -0.2) is 29.1 Å². The Morgan fingerprint density at radius 2 is 2.04 bits per heavy atom. The summed E-state index contributed by atoms with van der Waals surface area (Å²) in [5.74, 6) is 0.346. The van der Waals surface area contributed by atoms with Gasteiger partial charge in [-0.05, 0) is 30.5 Å². The summed E-state index contributed by atoms with van der Waals surface area (Å²) in [5, 5.41) is 10.4. The molecule has 0 spiro atoms. The van der Waals surface area contributed by atoms with E-state index in [1.165, 1.54) is 6.26 Å². The number of rotatable bonds is 6. The molecule has 1 aromatic heterocycles. The van der Waals surface area contributed by atoms with Gasteiger partial charge in [-0.15, -0.1) is 0 Å². The van der Waals surface area contributed by atoms with Gasteiger partial charge < -0.3 is 19.2 Å². The van der Waals surface area contributed by atoms with E-state index >= 15 is 0 Å². The second-order valence-corrected chi connectivity index (χ2v) is 5.82. The normalized spacial score (nSPS) is 15.3. The van der Waals surface area contributed by atoms with E-state index in [-0.39, 0.29) is 12.5 Å². The van der Waals surface area contributed by atoms with Crippen molar-refractivity contribution in [3.8, 4) is 0 Å². The van der Waals surface area contributed by atoms with Crippen molar-refractivity contribution in [1.82, 2.24) is 4.90 Å². The van der Waals surface area contributed by atoms with Crippen molar-refractivity contribution in [2.45, 2.75) is 25.5 Å². The van der Waals surface area contributed by atoms with Gasteiger partial charge in [0.05, 0.1) is 31.2 Å². The summed E-state index contributed by atoms with van der Waals surface area (Å²) in [6.45, 7) is 1.23. The number of aliphatic hydroxyl groups is 1. The van der Waals surface area contributed by atoms with Gasteiger partial charge in [0.1, 0.15) is 11.9 Å². The molecule has 1 N–H and O–H groups in total. The molecule has 0 saturated carbocycles. The third-order valence-corrected chi connectivity index (χ3v) is 3.98. The minimum atomic E-state index is -0.863. The maximum Gasteiger partial charge on any atom is 0.253 e. The number of ether oxygens (including phenoxy) is 1. The SMILES string of the molecule is O=C(C1=COCCC1)N(Cc1ccccc1)C[C@H](O)c1ccco1. The average molecular weight is 327 g/mol. The van der Waals surface area contributed by atoms with Crippen molar-refractivity contribution in [1.29, 1.82) is 0 Å². The van der Waals surface area contributed by atoms with E-state index in [0.717, 1.165) is 12.0 Å². The van der Waals surface area contributed by atoms with Crippen LogP contribution < -0.4 is 0 Å². The Labute approximate surface area is 141 Å². The predicted octanol–water partition coefficient (Wildman–Crippen LogP) is 3.04. The molecule has 0 radical (unpaired) electrons. The van der Waals surface area contributed by atoms with E-state index < -0.39 is 6.10 Å². The van der Waals surface area contributed by atoms with Crippen LogP contribution in [0, 0.1) is 0 Å². The monoisotopic (exact) mass is 327 g/mol. The number of benzene rings is 1. The molecule has 24 heavy (non-hydrogen) atoms. The Bertz CT molecular complexity index is 679. The van der Waals surface area contributed by atoms with Crippen molar-refractivity contribution < 1.29 is 19.1 Å². The standard InChI is InChI=1S/C19H21NO4/c21-17(18-9-5-11-24-18)13-20(12-15-6-2-1-3-7-15)19(22)16-8-4-10-23-14-16/h1-3,5-7,9,11,14,17,21H,4,8,10,12-13H2/t17-/m0/s1. The number of carbonyl (C=O) groups is 1. The predicted molar refractivity (Wildman–Crippen MR) is 88.8 cm³/mol. The van der Waals surface area contributed by atoms with E-state index in [1.54, 1.807) is 23.3 Å². The Kier molecular flexibility index (Phi) is 5.33. The minimum absolute atomic E-state index is 0.107. The highest BCUT2D eigenvalue weighted by Gasteiger charge is 2.24. The van der Waals surface area contributed by atoms with Crippen LogP contribution in [0.15, 0.2) is 65.0 Å². The second-order valence-electron chi connectivity index (χ2n) is 5.82. The first-order valence-electron chi connectivity index (χ1n) is 8.09. The van der Waals surface area contributed by atoms with E-state index in [0.29, 0.717) is 30.9 Å². The minimum Gasteiger partial charge on any atom is -0.501 e. The van der Waals surface area contributed by atoms with Gasteiger partial charge in [0.25, 0.3) is 5.91 Å². The van der Waals surface area contributed by atoms with Gasteiger partial charge in [0.2, 0.25) is 0 Å². The van der Waals surface area contributed by atoms with Gasteiger partial charge in [-0.25, -0.2) is 0 Å². The molecule has 0 bridgehead atoms. The van der Waals surface area contributed by atoms with Crippen LogP contribution in [0.1, 0.15) is 30.3 Å². The molecule has 1 aromatic carbocycles. The fourth-order valence-electron chi connectivity index (χ4n) is 2.73. The number of hydrogen-bond donors (Lipinski definition) is 1. The summed E-state index contributed by atoms with van der Waals surface area (Å²) in [4.78, 5) is 14.5. The molecule has 126 valence electrons.